The molecule has 0 saturated carbocycles. The van der Waals surface area contributed by atoms with Crippen LogP contribution >= 0.6 is 0 Å². The molecule has 2 aromatic rings. The third-order valence-corrected chi connectivity index (χ3v) is 5.93. The molecule has 0 spiro atoms. The number of aromatic hydroxyl groups is 1. The van der Waals surface area contributed by atoms with Gasteiger partial charge in [-0.2, -0.15) is 0 Å². The number of phenols is 1. The van der Waals surface area contributed by atoms with Crippen LogP contribution in [0, 0.1) is 0 Å². The molecule has 40 heavy (non-hydrogen) atoms. The Kier molecular flexibility index (Phi) is 13.7. The summed E-state index contributed by atoms with van der Waals surface area (Å²) in [7, 11) is 0. The number of phenolic OH excluding ortho intramolecular Hbond substituents is 1. The maximum Gasteiger partial charge on any atom is 0.242 e. The van der Waals surface area contributed by atoms with Gasteiger partial charge in [-0.05, 0) is 42.5 Å². The van der Waals surface area contributed by atoms with E-state index in [-0.39, 0.29) is 43.5 Å². The van der Waals surface area contributed by atoms with Crippen LogP contribution in [0.2, 0.25) is 0 Å². The summed E-state index contributed by atoms with van der Waals surface area (Å²) in [6.45, 7) is -0.386. The minimum atomic E-state index is -0.902. The summed E-state index contributed by atoms with van der Waals surface area (Å²) in [6, 6.07) is 13.7. The number of primary amides is 1. The van der Waals surface area contributed by atoms with Crippen molar-refractivity contribution in [3.05, 3.63) is 65.7 Å². The van der Waals surface area contributed by atoms with E-state index in [2.05, 4.69) is 21.3 Å². The molecule has 0 fully saturated rings. The number of unbranched alkanes of at least 4 members (excludes halogenated alkanes) is 2. The molecule has 2 atom stereocenters. The van der Waals surface area contributed by atoms with Gasteiger partial charge in [0.1, 0.15) is 11.8 Å². The molecule has 12 nitrogen and oxygen atoms in total. The van der Waals surface area contributed by atoms with Gasteiger partial charge < -0.3 is 37.8 Å². The summed E-state index contributed by atoms with van der Waals surface area (Å²) < 4.78 is 0. The van der Waals surface area contributed by atoms with Gasteiger partial charge in [-0.1, -0.05) is 48.9 Å². The Bertz CT molecular complexity index is 1130. The average Bonchev–Trinajstić information content (AvgIpc) is 2.93. The van der Waals surface area contributed by atoms with E-state index in [1.165, 1.54) is 12.1 Å². The predicted molar refractivity (Wildman–Crippen MR) is 149 cm³/mol. The summed E-state index contributed by atoms with van der Waals surface area (Å²) in [5.41, 5.74) is 12.6. The van der Waals surface area contributed by atoms with E-state index in [9.17, 15) is 29.1 Å². The zero-order chi connectivity index (χ0) is 29.3. The van der Waals surface area contributed by atoms with Crippen LogP contribution in [0.5, 0.6) is 5.75 Å². The fourth-order valence-electron chi connectivity index (χ4n) is 3.76. The summed E-state index contributed by atoms with van der Waals surface area (Å²) in [5.74, 6) is -2.33. The first-order chi connectivity index (χ1) is 19.1. The van der Waals surface area contributed by atoms with Crippen molar-refractivity contribution in [2.45, 2.75) is 50.6 Å². The second-order valence-corrected chi connectivity index (χ2v) is 9.35. The number of amides is 5. The molecule has 0 saturated heterocycles. The minimum Gasteiger partial charge on any atom is -0.508 e. The number of nitrogens with two attached hydrogens (primary N) is 2. The van der Waals surface area contributed by atoms with Crippen LogP contribution in [0.4, 0.5) is 0 Å². The maximum atomic E-state index is 12.8. The molecular weight excluding hydrogens is 516 g/mol. The lowest BCUT2D eigenvalue weighted by Gasteiger charge is -2.19. The smallest absolute Gasteiger partial charge is 0.242 e. The summed E-state index contributed by atoms with van der Waals surface area (Å²) in [6.07, 6.45) is 2.79. The van der Waals surface area contributed by atoms with Crippen LogP contribution in [-0.4, -0.2) is 66.4 Å². The van der Waals surface area contributed by atoms with E-state index in [1.54, 1.807) is 12.1 Å². The minimum absolute atomic E-state index is 0.100. The Balaban J connectivity index is 1.77. The van der Waals surface area contributed by atoms with Gasteiger partial charge in [-0.15, -0.1) is 0 Å². The number of carbonyl (C=O) groups is 5. The standard InChI is InChI=1S/C28H38N6O6/c29-22(15-20-10-12-21(35)13-11-20)27(39)33-17-25(37)32-18-26(38)34-23(16-19-7-3-1-4-8-19)28(40)31-14-6-2-5-9-24(30)36/h1,3-4,7-8,10-13,22-23,35H,2,5-6,9,14-18,29H2,(H2,30,36)(H,31,40)(H,32,37)(H,33,39)(H,34,38)/t22-,23-/m0/s1. The highest BCUT2D eigenvalue weighted by atomic mass is 16.3. The van der Waals surface area contributed by atoms with E-state index >= 15 is 0 Å². The Morgan fingerprint density at radius 2 is 1.38 bits per heavy atom. The first-order valence-electron chi connectivity index (χ1n) is 13.1. The van der Waals surface area contributed by atoms with Crippen LogP contribution in [0.3, 0.4) is 0 Å². The van der Waals surface area contributed by atoms with Gasteiger partial charge >= 0.3 is 0 Å². The molecule has 0 aromatic heterocycles. The molecular formula is C28H38N6O6. The SMILES string of the molecule is NC(=O)CCCCCNC(=O)[C@H](Cc1ccccc1)NC(=O)CNC(=O)CNC(=O)[C@@H](N)Cc1ccc(O)cc1. The first kappa shape index (κ1) is 31.8. The highest BCUT2D eigenvalue weighted by molar-refractivity contribution is 5.92. The molecule has 0 bridgehead atoms. The van der Waals surface area contributed by atoms with Crippen molar-refractivity contribution in [3.8, 4) is 5.75 Å². The summed E-state index contributed by atoms with van der Waals surface area (Å²) in [5, 5.41) is 19.6. The fraction of sp³-hybridized carbons (Fsp3) is 0.393. The van der Waals surface area contributed by atoms with E-state index in [4.69, 9.17) is 11.5 Å². The molecule has 0 aliphatic rings. The Labute approximate surface area is 233 Å². The molecule has 9 N–H and O–H groups in total. The lowest BCUT2D eigenvalue weighted by atomic mass is 10.0. The molecule has 216 valence electrons. The zero-order valence-electron chi connectivity index (χ0n) is 22.4. The second kappa shape index (κ2) is 17.2. The summed E-state index contributed by atoms with van der Waals surface area (Å²) >= 11 is 0. The van der Waals surface area contributed by atoms with Gasteiger partial charge in [0.05, 0.1) is 19.1 Å². The lowest BCUT2D eigenvalue weighted by molar-refractivity contribution is -0.130. The van der Waals surface area contributed by atoms with Crippen LogP contribution in [0.1, 0.15) is 36.8 Å². The van der Waals surface area contributed by atoms with Crippen LogP contribution in [0.15, 0.2) is 54.6 Å². The van der Waals surface area contributed by atoms with Crippen LogP contribution in [0.25, 0.3) is 0 Å². The predicted octanol–water partition coefficient (Wildman–Crippen LogP) is -0.616. The molecule has 12 heteroatoms. The van der Waals surface area contributed by atoms with E-state index in [0.29, 0.717) is 25.8 Å². The van der Waals surface area contributed by atoms with Gasteiger partial charge in [-0.25, -0.2) is 0 Å². The largest absolute Gasteiger partial charge is 0.508 e. The molecule has 0 aliphatic carbocycles. The van der Waals surface area contributed by atoms with Crippen LogP contribution in [-0.2, 0) is 36.8 Å². The third-order valence-electron chi connectivity index (χ3n) is 5.93. The number of nitrogens with one attached hydrogen (secondary N) is 4. The van der Waals surface area contributed by atoms with Crippen molar-refractivity contribution in [1.29, 1.82) is 0 Å². The van der Waals surface area contributed by atoms with E-state index in [0.717, 1.165) is 17.5 Å². The molecule has 0 heterocycles. The van der Waals surface area contributed by atoms with Gasteiger partial charge in [0.25, 0.3) is 0 Å². The van der Waals surface area contributed by atoms with Crippen LogP contribution < -0.4 is 32.7 Å². The van der Waals surface area contributed by atoms with E-state index in [1.807, 2.05) is 30.3 Å². The van der Waals surface area contributed by atoms with Crippen molar-refractivity contribution in [2.75, 3.05) is 19.6 Å². The number of hydrogen-bond acceptors (Lipinski definition) is 7. The second-order valence-electron chi connectivity index (χ2n) is 9.35. The quantitative estimate of drug-likeness (QED) is 0.126. The molecule has 0 radical (unpaired) electrons. The fourth-order valence-corrected chi connectivity index (χ4v) is 3.76. The van der Waals surface area contributed by atoms with Crippen molar-refractivity contribution in [1.82, 2.24) is 21.3 Å². The lowest BCUT2D eigenvalue weighted by Crippen LogP contribution is -2.51. The van der Waals surface area contributed by atoms with Gasteiger partial charge in [0.2, 0.25) is 29.5 Å². The van der Waals surface area contributed by atoms with Gasteiger partial charge in [0, 0.05) is 19.4 Å². The molecule has 5 amide bonds. The van der Waals surface area contributed by atoms with Gasteiger partial charge in [0.15, 0.2) is 0 Å². The summed E-state index contributed by atoms with van der Waals surface area (Å²) in [4.78, 5) is 60.5. The first-order valence-corrected chi connectivity index (χ1v) is 13.1. The monoisotopic (exact) mass is 554 g/mol. The third kappa shape index (κ3) is 12.9. The normalized spacial score (nSPS) is 12.0. The van der Waals surface area contributed by atoms with Gasteiger partial charge in [-0.3, -0.25) is 24.0 Å². The number of carbonyl (C=O) groups excluding carboxylic acids is 5. The van der Waals surface area contributed by atoms with E-state index < -0.39 is 29.8 Å². The van der Waals surface area contributed by atoms with Crippen molar-refractivity contribution in [3.63, 3.8) is 0 Å². The number of rotatable bonds is 17. The Morgan fingerprint density at radius 3 is 2.05 bits per heavy atom. The molecule has 2 aromatic carbocycles. The number of benzene rings is 2. The maximum absolute atomic E-state index is 12.8. The van der Waals surface area contributed by atoms with Crippen molar-refractivity contribution < 1.29 is 29.1 Å². The average molecular weight is 555 g/mol. The van der Waals surface area contributed by atoms with Crippen molar-refractivity contribution in [2.24, 2.45) is 11.5 Å². The highest BCUT2D eigenvalue weighted by Gasteiger charge is 2.21. The topological polar surface area (TPSA) is 206 Å². The molecule has 2 rings (SSSR count). The Hall–Kier alpha value is -4.45. The number of hydrogen-bond donors (Lipinski definition) is 7. The van der Waals surface area contributed by atoms with Crippen molar-refractivity contribution >= 4 is 29.5 Å². The molecule has 0 aliphatic heterocycles. The zero-order valence-corrected chi connectivity index (χ0v) is 22.4. The Morgan fingerprint density at radius 1 is 0.725 bits per heavy atom. The molecule has 0 unspecified atom stereocenters. The highest BCUT2D eigenvalue weighted by Crippen LogP contribution is 2.11.